The van der Waals surface area contributed by atoms with Gasteiger partial charge in [-0.25, -0.2) is 4.68 Å². The number of aryl methyl sites for hydroxylation is 2. The molecule has 7 nitrogen and oxygen atoms in total. The Labute approximate surface area is 153 Å². The van der Waals surface area contributed by atoms with Crippen LogP contribution in [0.3, 0.4) is 0 Å². The Hall–Kier alpha value is -2.74. The molecule has 1 aliphatic rings. The minimum absolute atomic E-state index is 0.124. The lowest BCUT2D eigenvalue weighted by molar-refractivity contribution is 0.0942. The molecule has 4 rings (SSSR count). The molecule has 3 aromatic rings. The van der Waals surface area contributed by atoms with Gasteiger partial charge in [0.2, 0.25) is 0 Å². The van der Waals surface area contributed by atoms with Crippen LogP contribution in [0.4, 0.5) is 0 Å². The van der Waals surface area contributed by atoms with Gasteiger partial charge in [0, 0.05) is 18.7 Å². The van der Waals surface area contributed by atoms with Gasteiger partial charge in [0.25, 0.3) is 11.5 Å². The molecule has 0 bridgehead atoms. The fourth-order valence-corrected chi connectivity index (χ4v) is 3.72. The van der Waals surface area contributed by atoms with E-state index in [2.05, 4.69) is 15.6 Å². The first-order chi connectivity index (χ1) is 12.7. The monoisotopic (exact) mass is 370 g/mol. The van der Waals surface area contributed by atoms with E-state index in [1.165, 1.54) is 16.0 Å². The van der Waals surface area contributed by atoms with Crippen molar-refractivity contribution in [2.75, 3.05) is 6.54 Å². The van der Waals surface area contributed by atoms with Crippen molar-refractivity contribution < 1.29 is 9.32 Å². The summed E-state index contributed by atoms with van der Waals surface area (Å²) in [5, 5.41) is 12.9. The second-order valence-corrected chi connectivity index (χ2v) is 7.14. The summed E-state index contributed by atoms with van der Waals surface area (Å²) in [5.74, 6) is 0.236. The topological polar surface area (TPSA) is 90.0 Å². The van der Waals surface area contributed by atoms with E-state index in [0.29, 0.717) is 18.8 Å². The Morgan fingerprint density at radius 1 is 1.31 bits per heavy atom. The third-order valence-corrected chi connectivity index (χ3v) is 5.27. The Bertz CT molecular complexity index is 975. The van der Waals surface area contributed by atoms with Crippen LogP contribution in [-0.2, 0) is 19.4 Å². The summed E-state index contributed by atoms with van der Waals surface area (Å²) in [5.41, 5.74) is 2.16. The van der Waals surface area contributed by atoms with Crippen molar-refractivity contribution in [1.82, 2.24) is 20.3 Å². The summed E-state index contributed by atoms with van der Waals surface area (Å²) in [7, 11) is 0. The molecule has 0 saturated carbocycles. The molecule has 1 N–H and O–H groups in total. The van der Waals surface area contributed by atoms with E-state index in [1.807, 2.05) is 17.5 Å². The van der Waals surface area contributed by atoms with Gasteiger partial charge in [0.15, 0.2) is 11.5 Å². The Morgan fingerprint density at radius 2 is 2.19 bits per heavy atom. The molecule has 0 spiro atoms. The van der Waals surface area contributed by atoms with E-state index in [4.69, 9.17) is 4.52 Å². The molecule has 0 aromatic carbocycles. The Kier molecular flexibility index (Phi) is 4.66. The molecule has 1 amide bonds. The third-order valence-electron chi connectivity index (χ3n) is 4.39. The number of nitrogens with one attached hydrogen (secondary N) is 1. The van der Waals surface area contributed by atoms with Crippen molar-refractivity contribution in [3.05, 3.63) is 57.0 Å². The van der Waals surface area contributed by atoms with Crippen LogP contribution in [-0.4, -0.2) is 27.4 Å². The molecule has 134 valence electrons. The summed E-state index contributed by atoms with van der Waals surface area (Å²) in [6.45, 7) is 0.624. The maximum atomic E-state index is 12.2. The van der Waals surface area contributed by atoms with Gasteiger partial charge >= 0.3 is 0 Å². The first-order valence-electron chi connectivity index (χ1n) is 8.59. The standard InChI is InChI=1S/C18H18N4O3S/c23-17-10-12-4-1-2-5-13(12)20-22(17)8-7-19-18(24)14-11-15(25-21-14)16-6-3-9-26-16/h3,6,9-11H,1-2,4-5,7-8H2,(H,19,24). The summed E-state index contributed by atoms with van der Waals surface area (Å²) in [6, 6.07) is 7.10. The molecule has 0 radical (unpaired) electrons. The third kappa shape index (κ3) is 3.45. The van der Waals surface area contributed by atoms with Crippen molar-refractivity contribution in [1.29, 1.82) is 0 Å². The van der Waals surface area contributed by atoms with Crippen LogP contribution in [0.25, 0.3) is 10.6 Å². The number of hydrogen-bond acceptors (Lipinski definition) is 6. The smallest absolute Gasteiger partial charge is 0.273 e. The number of aromatic nitrogens is 3. The van der Waals surface area contributed by atoms with Crippen LogP contribution < -0.4 is 10.9 Å². The molecule has 0 atom stereocenters. The molecule has 0 saturated heterocycles. The average Bonchev–Trinajstić information content (AvgIpc) is 3.33. The zero-order chi connectivity index (χ0) is 17.9. The number of carbonyl (C=O) groups excluding carboxylic acids is 1. The second-order valence-electron chi connectivity index (χ2n) is 6.19. The highest BCUT2D eigenvalue weighted by Crippen LogP contribution is 2.25. The summed E-state index contributed by atoms with van der Waals surface area (Å²) < 4.78 is 6.63. The summed E-state index contributed by atoms with van der Waals surface area (Å²) in [4.78, 5) is 25.2. The zero-order valence-corrected chi connectivity index (χ0v) is 14.9. The Balaban J connectivity index is 1.37. The van der Waals surface area contributed by atoms with Crippen LogP contribution in [0, 0.1) is 0 Å². The fraction of sp³-hybridized carbons (Fsp3) is 0.333. The normalized spacial score (nSPS) is 13.4. The van der Waals surface area contributed by atoms with E-state index in [-0.39, 0.29) is 17.2 Å². The molecule has 1 aliphatic carbocycles. The van der Waals surface area contributed by atoms with Crippen LogP contribution in [0.1, 0.15) is 34.6 Å². The molecule has 8 heteroatoms. The molecule has 26 heavy (non-hydrogen) atoms. The van der Waals surface area contributed by atoms with E-state index in [9.17, 15) is 9.59 Å². The Morgan fingerprint density at radius 3 is 3.04 bits per heavy atom. The highest BCUT2D eigenvalue weighted by atomic mass is 32.1. The summed E-state index contributed by atoms with van der Waals surface area (Å²) in [6.07, 6.45) is 4.05. The van der Waals surface area contributed by atoms with E-state index in [1.54, 1.807) is 12.1 Å². The van der Waals surface area contributed by atoms with Gasteiger partial charge in [-0.15, -0.1) is 11.3 Å². The molecular weight excluding hydrogens is 352 g/mol. The van der Waals surface area contributed by atoms with Crippen LogP contribution in [0.5, 0.6) is 0 Å². The maximum Gasteiger partial charge on any atom is 0.273 e. The summed E-state index contributed by atoms with van der Waals surface area (Å²) >= 11 is 1.52. The van der Waals surface area contributed by atoms with E-state index in [0.717, 1.165) is 41.8 Å². The van der Waals surface area contributed by atoms with Gasteiger partial charge in [-0.3, -0.25) is 9.59 Å². The van der Waals surface area contributed by atoms with Gasteiger partial charge in [0.1, 0.15) is 0 Å². The molecular formula is C18H18N4O3S. The minimum atomic E-state index is -0.331. The van der Waals surface area contributed by atoms with Crippen molar-refractivity contribution >= 4 is 17.2 Å². The lowest BCUT2D eigenvalue weighted by Gasteiger charge is -2.15. The first kappa shape index (κ1) is 16.7. The highest BCUT2D eigenvalue weighted by Gasteiger charge is 2.15. The fourth-order valence-electron chi connectivity index (χ4n) is 3.04. The first-order valence-corrected chi connectivity index (χ1v) is 9.47. The van der Waals surface area contributed by atoms with E-state index >= 15 is 0 Å². The van der Waals surface area contributed by atoms with Crippen LogP contribution >= 0.6 is 11.3 Å². The zero-order valence-electron chi connectivity index (χ0n) is 14.1. The average molecular weight is 370 g/mol. The predicted molar refractivity (Wildman–Crippen MR) is 97.3 cm³/mol. The molecule has 0 unspecified atom stereocenters. The maximum absolute atomic E-state index is 12.2. The second kappa shape index (κ2) is 7.25. The number of carbonyl (C=O) groups is 1. The predicted octanol–water partition coefficient (Wildman–Crippen LogP) is 2.27. The van der Waals surface area contributed by atoms with Crippen molar-refractivity contribution in [3.8, 4) is 10.6 Å². The van der Waals surface area contributed by atoms with Gasteiger partial charge in [-0.05, 0) is 42.7 Å². The molecule has 3 aromatic heterocycles. The number of fused-ring (bicyclic) bond motifs is 1. The van der Waals surface area contributed by atoms with Gasteiger partial charge in [-0.1, -0.05) is 11.2 Å². The van der Waals surface area contributed by atoms with Crippen LogP contribution in [0.15, 0.2) is 39.0 Å². The van der Waals surface area contributed by atoms with Gasteiger partial charge in [-0.2, -0.15) is 5.10 Å². The molecule has 0 fully saturated rings. The number of rotatable bonds is 5. The highest BCUT2D eigenvalue weighted by molar-refractivity contribution is 7.13. The molecule has 0 aliphatic heterocycles. The number of thiophene rings is 1. The SMILES string of the molecule is O=C(NCCn1nc2c(cc1=O)CCCC2)c1cc(-c2cccs2)on1. The van der Waals surface area contributed by atoms with Crippen molar-refractivity contribution in [2.45, 2.75) is 32.2 Å². The van der Waals surface area contributed by atoms with Gasteiger partial charge in [0.05, 0.1) is 17.1 Å². The largest absolute Gasteiger partial charge is 0.355 e. The van der Waals surface area contributed by atoms with E-state index < -0.39 is 0 Å². The van der Waals surface area contributed by atoms with Crippen molar-refractivity contribution in [2.24, 2.45) is 0 Å². The minimum Gasteiger partial charge on any atom is -0.355 e. The molecule has 3 heterocycles. The van der Waals surface area contributed by atoms with Crippen LogP contribution in [0.2, 0.25) is 0 Å². The number of nitrogens with zero attached hydrogens (tertiary/aromatic N) is 3. The van der Waals surface area contributed by atoms with Crippen molar-refractivity contribution in [3.63, 3.8) is 0 Å². The lowest BCUT2D eigenvalue weighted by Crippen LogP contribution is -2.33. The number of hydrogen-bond donors (Lipinski definition) is 1. The van der Waals surface area contributed by atoms with Gasteiger partial charge < -0.3 is 9.84 Å². The quantitative estimate of drug-likeness (QED) is 0.744. The number of amides is 1. The lowest BCUT2D eigenvalue weighted by atomic mass is 9.97.